The molecule has 1 aliphatic rings. The first kappa shape index (κ1) is 16.4. The zero-order valence-electron chi connectivity index (χ0n) is 13.0. The second-order valence-electron chi connectivity index (χ2n) is 5.89. The lowest BCUT2D eigenvalue weighted by atomic mass is 10.0. The standard InChI is InChI=1S/C17H26F2N2/c1-3-13-8-5-4-6-11-21(13)12-16(20-2)14-9-7-10-15(18)17(14)19/h7,9-10,13,16,20H,3-6,8,11-12H2,1-2H3. The van der Waals surface area contributed by atoms with Gasteiger partial charge in [0.25, 0.3) is 0 Å². The van der Waals surface area contributed by atoms with E-state index in [4.69, 9.17) is 0 Å². The van der Waals surface area contributed by atoms with Crippen LogP contribution in [0.4, 0.5) is 8.78 Å². The Hall–Kier alpha value is -1.00. The van der Waals surface area contributed by atoms with Crippen molar-refractivity contribution in [1.29, 1.82) is 0 Å². The number of likely N-dealkylation sites (tertiary alicyclic amines) is 1. The van der Waals surface area contributed by atoms with E-state index >= 15 is 0 Å². The highest BCUT2D eigenvalue weighted by Crippen LogP contribution is 2.24. The van der Waals surface area contributed by atoms with Crippen LogP contribution in [0.25, 0.3) is 0 Å². The first-order chi connectivity index (χ1) is 10.2. The molecule has 1 N–H and O–H groups in total. The molecule has 2 nitrogen and oxygen atoms in total. The lowest BCUT2D eigenvalue weighted by molar-refractivity contribution is 0.175. The van der Waals surface area contributed by atoms with Crippen molar-refractivity contribution in [2.45, 2.75) is 51.1 Å². The molecular formula is C17H26F2N2. The van der Waals surface area contributed by atoms with Crippen LogP contribution in [0, 0.1) is 11.6 Å². The molecule has 1 aliphatic heterocycles. The van der Waals surface area contributed by atoms with Crippen molar-refractivity contribution in [3.8, 4) is 0 Å². The Morgan fingerprint density at radius 3 is 2.81 bits per heavy atom. The molecule has 2 unspecified atom stereocenters. The smallest absolute Gasteiger partial charge is 0.163 e. The van der Waals surface area contributed by atoms with Crippen LogP contribution in [-0.4, -0.2) is 31.1 Å². The largest absolute Gasteiger partial charge is 0.312 e. The Morgan fingerprint density at radius 2 is 2.10 bits per heavy atom. The van der Waals surface area contributed by atoms with Gasteiger partial charge in [-0.15, -0.1) is 0 Å². The number of nitrogens with one attached hydrogen (secondary N) is 1. The number of rotatable bonds is 5. The highest BCUT2D eigenvalue weighted by molar-refractivity contribution is 5.23. The minimum absolute atomic E-state index is 0.173. The van der Waals surface area contributed by atoms with Gasteiger partial charge in [0, 0.05) is 24.2 Å². The number of hydrogen-bond donors (Lipinski definition) is 1. The Kier molecular flexibility index (Phi) is 6.12. The molecule has 21 heavy (non-hydrogen) atoms. The van der Waals surface area contributed by atoms with E-state index in [2.05, 4.69) is 17.1 Å². The van der Waals surface area contributed by atoms with Gasteiger partial charge in [0.2, 0.25) is 0 Å². The summed E-state index contributed by atoms with van der Waals surface area (Å²) in [5, 5.41) is 3.15. The maximum atomic E-state index is 14.0. The number of benzene rings is 1. The Bertz CT molecular complexity index is 450. The average molecular weight is 296 g/mol. The van der Waals surface area contributed by atoms with Crippen molar-refractivity contribution in [2.24, 2.45) is 0 Å². The van der Waals surface area contributed by atoms with Crippen molar-refractivity contribution >= 4 is 0 Å². The molecule has 0 spiro atoms. The van der Waals surface area contributed by atoms with E-state index in [1.807, 2.05) is 7.05 Å². The van der Waals surface area contributed by atoms with E-state index in [0.29, 0.717) is 11.6 Å². The lowest BCUT2D eigenvalue weighted by Gasteiger charge is -2.32. The van der Waals surface area contributed by atoms with Crippen LogP contribution < -0.4 is 5.32 Å². The van der Waals surface area contributed by atoms with Gasteiger partial charge in [-0.25, -0.2) is 8.78 Å². The average Bonchev–Trinajstić information content (AvgIpc) is 2.72. The summed E-state index contributed by atoms with van der Waals surface area (Å²) >= 11 is 0. The van der Waals surface area contributed by atoms with Gasteiger partial charge in [0.15, 0.2) is 11.6 Å². The molecule has 2 rings (SSSR count). The summed E-state index contributed by atoms with van der Waals surface area (Å²) in [5.41, 5.74) is 0.427. The predicted octanol–water partition coefficient (Wildman–Crippen LogP) is 3.88. The second-order valence-corrected chi connectivity index (χ2v) is 5.89. The molecule has 1 aromatic rings. The van der Waals surface area contributed by atoms with E-state index in [-0.39, 0.29) is 6.04 Å². The van der Waals surface area contributed by atoms with Crippen LogP contribution >= 0.6 is 0 Å². The Labute approximate surface area is 126 Å². The number of hydrogen-bond acceptors (Lipinski definition) is 2. The minimum atomic E-state index is -0.768. The van der Waals surface area contributed by atoms with Gasteiger partial charge in [-0.2, -0.15) is 0 Å². The van der Waals surface area contributed by atoms with Gasteiger partial charge in [0.05, 0.1) is 0 Å². The predicted molar refractivity (Wildman–Crippen MR) is 82.3 cm³/mol. The highest BCUT2D eigenvalue weighted by atomic mass is 19.2. The van der Waals surface area contributed by atoms with Crippen LogP contribution in [0.15, 0.2) is 18.2 Å². The van der Waals surface area contributed by atoms with Gasteiger partial charge < -0.3 is 5.32 Å². The van der Waals surface area contributed by atoms with Crippen LogP contribution in [0.1, 0.15) is 50.6 Å². The molecule has 4 heteroatoms. The molecule has 1 heterocycles. The van der Waals surface area contributed by atoms with Crippen molar-refractivity contribution < 1.29 is 8.78 Å². The summed E-state index contributed by atoms with van der Waals surface area (Å²) in [6, 6.07) is 4.82. The zero-order chi connectivity index (χ0) is 15.2. The van der Waals surface area contributed by atoms with E-state index in [0.717, 1.165) is 19.5 Å². The summed E-state index contributed by atoms with van der Waals surface area (Å²) in [5.74, 6) is -1.49. The monoisotopic (exact) mass is 296 g/mol. The zero-order valence-corrected chi connectivity index (χ0v) is 13.0. The molecule has 0 aromatic heterocycles. The molecule has 0 radical (unpaired) electrons. The van der Waals surface area contributed by atoms with E-state index in [1.54, 1.807) is 12.1 Å². The fourth-order valence-electron chi connectivity index (χ4n) is 3.31. The molecule has 0 bridgehead atoms. The van der Waals surface area contributed by atoms with E-state index < -0.39 is 11.6 Å². The highest BCUT2D eigenvalue weighted by Gasteiger charge is 2.24. The molecule has 0 amide bonds. The number of halogens is 2. The van der Waals surface area contributed by atoms with Gasteiger partial charge in [-0.05, 0) is 38.9 Å². The Balaban J connectivity index is 2.15. The third kappa shape index (κ3) is 4.01. The fraction of sp³-hybridized carbons (Fsp3) is 0.647. The molecule has 1 fully saturated rings. The SMILES string of the molecule is CCC1CCCCCN1CC(NC)c1cccc(F)c1F. The maximum Gasteiger partial charge on any atom is 0.163 e. The third-order valence-electron chi connectivity index (χ3n) is 4.59. The van der Waals surface area contributed by atoms with E-state index in [1.165, 1.54) is 31.7 Å². The number of nitrogens with zero attached hydrogens (tertiary/aromatic N) is 1. The third-order valence-corrected chi connectivity index (χ3v) is 4.59. The molecular weight excluding hydrogens is 270 g/mol. The lowest BCUT2D eigenvalue weighted by Crippen LogP contribution is -2.40. The first-order valence-corrected chi connectivity index (χ1v) is 8.02. The van der Waals surface area contributed by atoms with Crippen molar-refractivity contribution in [3.05, 3.63) is 35.4 Å². The van der Waals surface area contributed by atoms with Crippen molar-refractivity contribution in [1.82, 2.24) is 10.2 Å². The summed E-state index contributed by atoms with van der Waals surface area (Å²) in [6.45, 7) is 3.99. The quantitative estimate of drug-likeness (QED) is 0.887. The topological polar surface area (TPSA) is 15.3 Å². The van der Waals surface area contributed by atoms with Crippen LogP contribution in [0.5, 0.6) is 0 Å². The number of likely N-dealkylation sites (N-methyl/N-ethyl adjacent to an activating group) is 1. The minimum Gasteiger partial charge on any atom is -0.312 e. The van der Waals surface area contributed by atoms with Gasteiger partial charge in [-0.3, -0.25) is 4.90 Å². The summed E-state index contributed by atoms with van der Waals surface area (Å²) < 4.78 is 27.5. The molecule has 0 saturated carbocycles. The van der Waals surface area contributed by atoms with Gasteiger partial charge in [0.1, 0.15) is 0 Å². The van der Waals surface area contributed by atoms with E-state index in [9.17, 15) is 8.78 Å². The molecule has 118 valence electrons. The molecule has 2 atom stereocenters. The Morgan fingerprint density at radius 1 is 1.29 bits per heavy atom. The van der Waals surface area contributed by atoms with Gasteiger partial charge >= 0.3 is 0 Å². The maximum absolute atomic E-state index is 14.0. The van der Waals surface area contributed by atoms with Crippen LogP contribution in [0.2, 0.25) is 0 Å². The first-order valence-electron chi connectivity index (χ1n) is 8.02. The van der Waals surface area contributed by atoms with Gasteiger partial charge in [-0.1, -0.05) is 31.9 Å². The summed E-state index contributed by atoms with van der Waals surface area (Å²) in [6.07, 6.45) is 6.05. The molecule has 1 aromatic carbocycles. The van der Waals surface area contributed by atoms with Crippen molar-refractivity contribution in [3.63, 3.8) is 0 Å². The molecule has 1 saturated heterocycles. The van der Waals surface area contributed by atoms with Crippen LogP contribution in [-0.2, 0) is 0 Å². The van der Waals surface area contributed by atoms with Crippen molar-refractivity contribution in [2.75, 3.05) is 20.1 Å². The second kappa shape index (κ2) is 7.85. The molecule has 0 aliphatic carbocycles. The fourth-order valence-corrected chi connectivity index (χ4v) is 3.31. The summed E-state index contributed by atoms with van der Waals surface area (Å²) in [7, 11) is 1.81. The van der Waals surface area contributed by atoms with Crippen LogP contribution in [0.3, 0.4) is 0 Å². The summed E-state index contributed by atoms with van der Waals surface area (Å²) in [4.78, 5) is 2.44. The normalized spacial score (nSPS) is 22.0.